The molecule has 1 fully saturated rings. The van der Waals surface area contributed by atoms with Crippen LogP contribution in [0.1, 0.15) is 62.6 Å². The largest absolute Gasteiger partial charge is 0.489 e. The normalized spacial score (nSPS) is 19.6. The summed E-state index contributed by atoms with van der Waals surface area (Å²) in [6, 6.07) is 21.1. The van der Waals surface area contributed by atoms with Gasteiger partial charge in [-0.3, -0.25) is 9.59 Å². The van der Waals surface area contributed by atoms with E-state index in [0.29, 0.717) is 23.5 Å². The summed E-state index contributed by atoms with van der Waals surface area (Å²) in [6.07, 6.45) is 5.72. The van der Waals surface area contributed by atoms with Gasteiger partial charge in [0.25, 0.3) is 0 Å². The molecule has 2 aliphatic rings. The lowest BCUT2D eigenvalue weighted by atomic mass is 9.93. The van der Waals surface area contributed by atoms with Gasteiger partial charge in [0.05, 0.1) is 6.10 Å². The second-order valence-corrected chi connectivity index (χ2v) is 9.87. The molecule has 2 atom stereocenters. The van der Waals surface area contributed by atoms with Gasteiger partial charge in [0.1, 0.15) is 18.3 Å². The molecule has 2 heterocycles. The Kier molecular flexibility index (Phi) is 5.94. The zero-order valence-corrected chi connectivity index (χ0v) is 20.4. The van der Waals surface area contributed by atoms with E-state index < -0.39 is 5.92 Å². The lowest BCUT2D eigenvalue weighted by molar-refractivity contribution is 0.00668. The number of aryl methyl sites for hydroxylation is 1. The van der Waals surface area contributed by atoms with Gasteiger partial charge >= 0.3 is 0 Å². The minimum absolute atomic E-state index is 0.144. The van der Waals surface area contributed by atoms with Crippen LogP contribution in [0.15, 0.2) is 72.9 Å². The Hall–Kier alpha value is -3.70. The number of rotatable bonds is 6. The lowest BCUT2D eigenvalue weighted by Crippen LogP contribution is -2.24. The van der Waals surface area contributed by atoms with Crippen molar-refractivity contribution in [3.05, 3.63) is 101 Å². The molecule has 0 amide bonds. The molecular formula is C31H29NO4. The Morgan fingerprint density at radius 3 is 2.58 bits per heavy atom. The van der Waals surface area contributed by atoms with Crippen LogP contribution in [0.3, 0.4) is 0 Å². The fourth-order valence-corrected chi connectivity index (χ4v) is 5.50. The van der Waals surface area contributed by atoms with E-state index in [0.717, 1.165) is 48.0 Å². The Morgan fingerprint density at radius 2 is 1.78 bits per heavy atom. The maximum atomic E-state index is 13.5. The lowest BCUT2D eigenvalue weighted by Gasteiger charge is -2.23. The number of carbonyl (C=O) groups excluding carboxylic acids is 2. The Labute approximate surface area is 210 Å². The van der Waals surface area contributed by atoms with Gasteiger partial charge in [-0.15, -0.1) is 0 Å². The smallest absolute Gasteiger partial charge is 0.178 e. The van der Waals surface area contributed by atoms with Gasteiger partial charge in [0, 0.05) is 41.4 Å². The first-order valence-corrected chi connectivity index (χ1v) is 12.7. The first kappa shape index (κ1) is 22.7. The number of benzene rings is 3. The summed E-state index contributed by atoms with van der Waals surface area (Å²) in [5.41, 5.74) is 4.92. The number of hydrogen-bond acceptors (Lipinski definition) is 4. The highest BCUT2D eigenvalue weighted by atomic mass is 16.5. The van der Waals surface area contributed by atoms with Crippen molar-refractivity contribution >= 4 is 22.5 Å². The zero-order valence-electron chi connectivity index (χ0n) is 20.4. The van der Waals surface area contributed by atoms with E-state index in [-0.39, 0.29) is 17.7 Å². The van der Waals surface area contributed by atoms with Gasteiger partial charge in [-0.1, -0.05) is 42.5 Å². The summed E-state index contributed by atoms with van der Waals surface area (Å²) in [4.78, 5) is 26.8. The quantitative estimate of drug-likeness (QED) is 0.306. The van der Waals surface area contributed by atoms with Crippen molar-refractivity contribution in [1.82, 2.24) is 4.57 Å². The summed E-state index contributed by atoms with van der Waals surface area (Å²) >= 11 is 0. The third-order valence-electron chi connectivity index (χ3n) is 7.41. The molecule has 0 bridgehead atoms. The molecule has 3 aromatic carbocycles. The minimum atomic E-state index is -0.816. The van der Waals surface area contributed by atoms with Crippen LogP contribution in [0.5, 0.6) is 5.75 Å². The molecule has 2 unspecified atom stereocenters. The maximum absolute atomic E-state index is 13.5. The van der Waals surface area contributed by atoms with Crippen LogP contribution in [0.2, 0.25) is 0 Å². The van der Waals surface area contributed by atoms with Crippen molar-refractivity contribution in [3.63, 3.8) is 0 Å². The van der Waals surface area contributed by atoms with Crippen molar-refractivity contribution in [2.24, 2.45) is 0 Å². The number of aromatic nitrogens is 1. The summed E-state index contributed by atoms with van der Waals surface area (Å²) in [5, 5.41) is 1.14. The SMILES string of the molecule is Cc1cn(CC2CCCCO2)c2cc(C3C(=O)c4ccc(OCc5ccccc5)cc4C3=O)ccc12. The number of ether oxygens (including phenoxy) is 2. The Bertz CT molecular complexity index is 1450. The van der Waals surface area contributed by atoms with Crippen LogP contribution in [0, 0.1) is 6.92 Å². The molecule has 5 heteroatoms. The fraction of sp³-hybridized carbons (Fsp3) is 0.290. The Morgan fingerprint density at radius 1 is 0.944 bits per heavy atom. The molecule has 1 saturated heterocycles. The Balaban J connectivity index is 1.27. The fourth-order valence-electron chi connectivity index (χ4n) is 5.50. The van der Waals surface area contributed by atoms with Gasteiger partial charge in [-0.2, -0.15) is 0 Å². The van der Waals surface area contributed by atoms with Gasteiger partial charge in [0.15, 0.2) is 11.6 Å². The summed E-state index contributed by atoms with van der Waals surface area (Å²) in [7, 11) is 0. The second kappa shape index (κ2) is 9.40. The minimum Gasteiger partial charge on any atom is -0.489 e. The number of ketones is 2. The highest BCUT2D eigenvalue weighted by Gasteiger charge is 2.40. The van der Waals surface area contributed by atoms with E-state index in [2.05, 4.69) is 17.7 Å². The first-order valence-electron chi connectivity index (χ1n) is 12.7. The van der Waals surface area contributed by atoms with Crippen molar-refractivity contribution < 1.29 is 19.1 Å². The molecule has 182 valence electrons. The molecule has 1 aliphatic carbocycles. The van der Waals surface area contributed by atoms with Crippen molar-refractivity contribution in [1.29, 1.82) is 0 Å². The third kappa shape index (κ3) is 4.14. The van der Waals surface area contributed by atoms with Crippen molar-refractivity contribution in [3.8, 4) is 5.75 Å². The second-order valence-electron chi connectivity index (χ2n) is 9.87. The third-order valence-corrected chi connectivity index (χ3v) is 7.41. The number of fused-ring (bicyclic) bond motifs is 2. The molecule has 0 radical (unpaired) electrons. The number of carbonyl (C=O) groups is 2. The molecular weight excluding hydrogens is 450 g/mol. The van der Waals surface area contributed by atoms with E-state index in [1.807, 2.05) is 48.5 Å². The first-order chi connectivity index (χ1) is 17.6. The highest BCUT2D eigenvalue weighted by Crippen LogP contribution is 2.37. The van der Waals surface area contributed by atoms with Crippen LogP contribution >= 0.6 is 0 Å². The standard InChI is InChI=1S/C31H29NO4/c1-20-17-32(18-24-9-5-6-14-35-24)28-15-22(10-12-25(20)28)29-30(33)26-13-11-23(16-27(26)31(29)34)36-19-21-7-3-2-4-8-21/h2-4,7-8,10-13,15-17,24,29H,5-6,9,14,18-19H2,1H3. The van der Waals surface area contributed by atoms with Crippen LogP contribution in [-0.2, 0) is 17.9 Å². The average molecular weight is 480 g/mol. The van der Waals surface area contributed by atoms with E-state index in [4.69, 9.17) is 9.47 Å². The topological polar surface area (TPSA) is 57.5 Å². The molecule has 5 nitrogen and oxygen atoms in total. The average Bonchev–Trinajstić information content (AvgIpc) is 3.35. The van der Waals surface area contributed by atoms with E-state index in [1.54, 1.807) is 18.2 Å². The van der Waals surface area contributed by atoms with Crippen molar-refractivity contribution in [2.75, 3.05) is 6.61 Å². The van der Waals surface area contributed by atoms with Gasteiger partial charge in [0.2, 0.25) is 0 Å². The van der Waals surface area contributed by atoms with Crippen LogP contribution in [-0.4, -0.2) is 28.8 Å². The predicted octanol–water partition coefficient (Wildman–Crippen LogP) is 6.26. The highest BCUT2D eigenvalue weighted by molar-refractivity contribution is 6.30. The molecule has 1 aliphatic heterocycles. The molecule has 4 aromatic rings. The molecule has 0 N–H and O–H groups in total. The molecule has 1 aromatic heterocycles. The zero-order chi connectivity index (χ0) is 24.6. The summed E-state index contributed by atoms with van der Waals surface area (Å²) < 4.78 is 14.1. The number of hydrogen-bond donors (Lipinski definition) is 0. The predicted molar refractivity (Wildman–Crippen MR) is 139 cm³/mol. The van der Waals surface area contributed by atoms with E-state index in [9.17, 15) is 9.59 Å². The molecule has 0 saturated carbocycles. The molecule has 36 heavy (non-hydrogen) atoms. The van der Waals surface area contributed by atoms with E-state index in [1.165, 1.54) is 12.0 Å². The monoisotopic (exact) mass is 479 g/mol. The maximum Gasteiger partial charge on any atom is 0.178 e. The van der Waals surface area contributed by atoms with Gasteiger partial charge < -0.3 is 14.0 Å². The number of nitrogens with zero attached hydrogens (tertiary/aromatic N) is 1. The van der Waals surface area contributed by atoms with Gasteiger partial charge in [-0.05, 0) is 67.1 Å². The molecule has 6 rings (SSSR count). The van der Waals surface area contributed by atoms with E-state index >= 15 is 0 Å². The van der Waals surface area contributed by atoms with Gasteiger partial charge in [-0.25, -0.2) is 0 Å². The van der Waals surface area contributed by atoms with Crippen LogP contribution in [0.4, 0.5) is 0 Å². The molecule has 0 spiro atoms. The van der Waals surface area contributed by atoms with Crippen LogP contribution in [0.25, 0.3) is 10.9 Å². The van der Waals surface area contributed by atoms with Crippen molar-refractivity contribution in [2.45, 2.75) is 51.4 Å². The number of Topliss-reactive ketones (excluding diaryl/α,β-unsaturated/α-hetero) is 2. The summed E-state index contributed by atoms with van der Waals surface area (Å²) in [6.45, 7) is 4.10. The van der Waals surface area contributed by atoms with Crippen LogP contribution < -0.4 is 4.74 Å². The summed E-state index contributed by atoms with van der Waals surface area (Å²) in [5.74, 6) is -0.533.